The lowest BCUT2D eigenvalue weighted by molar-refractivity contribution is 0.640. The van der Waals surface area contributed by atoms with E-state index in [1.54, 1.807) is 0 Å². The van der Waals surface area contributed by atoms with Gasteiger partial charge < -0.3 is 9.88 Å². The summed E-state index contributed by atoms with van der Waals surface area (Å²) in [5.41, 5.74) is 5.86. The lowest BCUT2D eigenvalue weighted by atomic mass is 9.83. The lowest BCUT2D eigenvalue weighted by Gasteiger charge is -2.23. The van der Waals surface area contributed by atoms with Gasteiger partial charge in [0.25, 0.3) is 0 Å². The Bertz CT molecular complexity index is 1060. The first-order chi connectivity index (χ1) is 12.5. The summed E-state index contributed by atoms with van der Waals surface area (Å²) in [5, 5.41) is 9.63. The first-order valence-corrected chi connectivity index (χ1v) is 8.63. The summed E-state index contributed by atoms with van der Waals surface area (Å²) >= 11 is 0. The SMILES string of the molecule is CN1C(=C/C=C(\C#N)c2nc3ccccc3[nH]2)C(C)(C)c2ccccc21. The molecule has 0 saturated heterocycles. The predicted octanol–water partition coefficient (Wildman–Crippen LogP) is 4.78. The Labute approximate surface area is 153 Å². The number of hydrogen-bond acceptors (Lipinski definition) is 3. The number of rotatable bonds is 2. The van der Waals surface area contributed by atoms with Crippen LogP contribution in [-0.2, 0) is 5.41 Å². The molecule has 0 saturated carbocycles. The third-order valence-corrected chi connectivity index (χ3v) is 5.11. The molecular formula is C22H20N4. The minimum Gasteiger partial charge on any atom is -0.347 e. The number of aromatic amines is 1. The number of aromatic nitrogens is 2. The van der Waals surface area contributed by atoms with Crippen molar-refractivity contribution in [2.45, 2.75) is 19.3 Å². The third kappa shape index (κ3) is 2.41. The second kappa shape index (κ2) is 5.89. The van der Waals surface area contributed by atoms with Crippen molar-refractivity contribution in [3.63, 3.8) is 0 Å². The molecule has 0 aliphatic carbocycles. The van der Waals surface area contributed by atoms with Crippen LogP contribution in [0.25, 0.3) is 16.6 Å². The van der Waals surface area contributed by atoms with Crippen LogP contribution in [0.3, 0.4) is 0 Å². The highest BCUT2D eigenvalue weighted by molar-refractivity contribution is 5.83. The van der Waals surface area contributed by atoms with Crippen molar-refractivity contribution >= 4 is 22.3 Å². The number of hydrogen-bond donors (Lipinski definition) is 1. The zero-order chi connectivity index (χ0) is 18.3. The number of nitriles is 1. The number of likely N-dealkylation sites (N-methyl/N-ethyl adjacent to an activating group) is 1. The Morgan fingerprint density at radius 2 is 1.88 bits per heavy atom. The van der Waals surface area contributed by atoms with Gasteiger partial charge in [-0.2, -0.15) is 5.26 Å². The van der Waals surface area contributed by atoms with Gasteiger partial charge in [0.05, 0.1) is 16.6 Å². The van der Waals surface area contributed by atoms with Crippen molar-refractivity contribution in [1.29, 1.82) is 5.26 Å². The minimum absolute atomic E-state index is 0.115. The molecule has 4 nitrogen and oxygen atoms in total. The van der Waals surface area contributed by atoms with Gasteiger partial charge in [-0.05, 0) is 35.9 Å². The van der Waals surface area contributed by atoms with Crippen molar-refractivity contribution in [2.24, 2.45) is 0 Å². The molecule has 2 aromatic carbocycles. The van der Waals surface area contributed by atoms with Crippen molar-refractivity contribution in [2.75, 3.05) is 11.9 Å². The molecule has 0 bridgehead atoms. The Morgan fingerprint density at radius 3 is 2.62 bits per heavy atom. The highest BCUT2D eigenvalue weighted by atomic mass is 15.2. The molecule has 0 fully saturated rings. The zero-order valence-corrected chi connectivity index (χ0v) is 15.1. The van der Waals surface area contributed by atoms with Crippen LogP contribution in [0.5, 0.6) is 0 Å². The van der Waals surface area contributed by atoms with Crippen LogP contribution in [0.1, 0.15) is 25.2 Å². The van der Waals surface area contributed by atoms with Crippen LogP contribution in [0.4, 0.5) is 5.69 Å². The average Bonchev–Trinajstić information content (AvgIpc) is 3.15. The quantitative estimate of drug-likeness (QED) is 0.683. The van der Waals surface area contributed by atoms with Crippen molar-refractivity contribution in [3.8, 4) is 6.07 Å². The second-order valence-corrected chi connectivity index (χ2v) is 7.05. The van der Waals surface area contributed by atoms with Crippen molar-refractivity contribution < 1.29 is 0 Å². The van der Waals surface area contributed by atoms with Gasteiger partial charge in [-0.15, -0.1) is 0 Å². The molecule has 128 valence electrons. The Balaban J connectivity index is 1.77. The molecule has 0 unspecified atom stereocenters. The molecule has 1 aromatic heterocycles. The number of imidazole rings is 1. The molecular weight excluding hydrogens is 320 g/mol. The number of H-pyrrole nitrogens is 1. The van der Waals surface area contributed by atoms with E-state index < -0.39 is 0 Å². The number of nitrogens with one attached hydrogen (secondary N) is 1. The highest BCUT2D eigenvalue weighted by Gasteiger charge is 2.37. The fourth-order valence-electron chi connectivity index (χ4n) is 3.71. The molecule has 26 heavy (non-hydrogen) atoms. The molecule has 0 amide bonds. The van der Waals surface area contributed by atoms with Crippen LogP contribution in [0, 0.1) is 11.3 Å². The summed E-state index contributed by atoms with van der Waals surface area (Å²) in [6.07, 6.45) is 3.89. The van der Waals surface area contributed by atoms with Gasteiger partial charge in [0.15, 0.2) is 0 Å². The summed E-state index contributed by atoms with van der Waals surface area (Å²) in [6, 6.07) is 18.5. The molecule has 0 radical (unpaired) electrons. The van der Waals surface area contributed by atoms with Gasteiger partial charge in [-0.1, -0.05) is 44.2 Å². The average molecular weight is 340 g/mol. The van der Waals surface area contributed by atoms with Gasteiger partial charge in [-0.25, -0.2) is 4.98 Å². The minimum atomic E-state index is -0.115. The van der Waals surface area contributed by atoms with Gasteiger partial charge >= 0.3 is 0 Å². The largest absolute Gasteiger partial charge is 0.347 e. The van der Waals surface area contributed by atoms with Crippen LogP contribution in [0.15, 0.2) is 66.4 Å². The Hall–Kier alpha value is -3.32. The molecule has 3 aromatic rings. The van der Waals surface area contributed by atoms with E-state index in [0.29, 0.717) is 11.4 Å². The number of fused-ring (bicyclic) bond motifs is 2. The molecule has 0 atom stereocenters. The van der Waals surface area contributed by atoms with E-state index in [1.807, 2.05) is 36.4 Å². The first-order valence-electron chi connectivity index (χ1n) is 8.63. The van der Waals surface area contributed by atoms with Gasteiger partial charge in [-0.3, -0.25) is 0 Å². The smallest absolute Gasteiger partial charge is 0.149 e. The number of allylic oxidation sites excluding steroid dienone is 4. The van der Waals surface area contributed by atoms with E-state index in [4.69, 9.17) is 0 Å². The van der Waals surface area contributed by atoms with E-state index in [2.05, 4.69) is 66.1 Å². The number of benzene rings is 2. The molecule has 4 rings (SSSR count). The topological polar surface area (TPSA) is 55.7 Å². The molecule has 1 aliphatic rings. The zero-order valence-electron chi connectivity index (χ0n) is 15.1. The second-order valence-electron chi connectivity index (χ2n) is 7.05. The maximum Gasteiger partial charge on any atom is 0.149 e. The van der Waals surface area contributed by atoms with E-state index in [0.717, 1.165) is 16.7 Å². The fourth-order valence-corrected chi connectivity index (χ4v) is 3.71. The molecule has 0 spiro atoms. The molecule has 2 heterocycles. The van der Waals surface area contributed by atoms with Crippen molar-refractivity contribution in [1.82, 2.24) is 9.97 Å². The van der Waals surface area contributed by atoms with Crippen LogP contribution >= 0.6 is 0 Å². The third-order valence-electron chi connectivity index (χ3n) is 5.11. The van der Waals surface area contributed by atoms with Gasteiger partial charge in [0, 0.05) is 23.8 Å². The predicted molar refractivity (Wildman–Crippen MR) is 106 cm³/mol. The molecule has 1 aliphatic heterocycles. The summed E-state index contributed by atoms with van der Waals surface area (Å²) in [7, 11) is 2.07. The van der Waals surface area contributed by atoms with Crippen molar-refractivity contribution in [3.05, 3.63) is 77.8 Å². The van der Waals surface area contributed by atoms with E-state index >= 15 is 0 Å². The Kier molecular flexibility index (Phi) is 3.66. The summed E-state index contributed by atoms with van der Waals surface area (Å²) in [4.78, 5) is 9.95. The first kappa shape index (κ1) is 16.2. The summed E-state index contributed by atoms with van der Waals surface area (Å²) in [5.74, 6) is 0.599. The Morgan fingerprint density at radius 1 is 1.15 bits per heavy atom. The lowest BCUT2D eigenvalue weighted by Crippen LogP contribution is -2.22. The van der Waals surface area contributed by atoms with E-state index in [1.165, 1.54) is 11.3 Å². The number of para-hydroxylation sites is 3. The highest BCUT2D eigenvalue weighted by Crippen LogP contribution is 2.46. The molecule has 4 heteroatoms. The fraction of sp³-hybridized carbons (Fsp3) is 0.182. The normalized spacial score (nSPS) is 17.5. The van der Waals surface area contributed by atoms with Gasteiger partial charge in [0.2, 0.25) is 0 Å². The summed E-state index contributed by atoms with van der Waals surface area (Å²) < 4.78 is 0. The molecule has 1 N–H and O–H groups in total. The van der Waals surface area contributed by atoms with Gasteiger partial charge in [0.1, 0.15) is 11.9 Å². The standard InChI is InChI=1S/C22H20N4/c1-22(2)16-8-4-7-11-19(16)26(3)20(22)13-12-15(14-23)21-24-17-9-5-6-10-18(17)25-21/h4-13H,1-3H3,(H,24,25)/b15-12+,20-13?. The number of anilines is 1. The van der Waals surface area contributed by atoms with Crippen LogP contribution in [0.2, 0.25) is 0 Å². The maximum absolute atomic E-state index is 9.63. The van der Waals surface area contributed by atoms with Crippen LogP contribution in [-0.4, -0.2) is 17.0 Å². The maximum atomic E-state index is 9.63. The van der Waals surface area contributed by atoms with E-state index in [-0.39, 0.29) is 5.41 Å². The monoisotopic (exact) mass is 340 g/mol. The summed E-state index contributed by atoms with van der Waals surface area (Å²) in [6.45, 7) is 4.42. The van der Waals surface area contributed by atoms with E-state index in [9.17, 15) is 5.26 Å². The van der Waals surface area contributed by atoms with Crippen LogP contribution < -0.4 is 4.90 Å². The number of nitrogens with zero attached hydrogens (tertiary/aromatic N) is 3.